The lowest BCUT2D eigenvalue weighted by molar-refractivity contribution is -0.123. The Morgan fingerprint density at radius 1 is 0.175 bits per heavy atom. The van der Waals surface area contributed by atoms with Crippen LogP contribution in [-0.4, -0.2) is 392 Å². The van der Waals surface area contributed by atoms with Crippen LogP contribution < -0.4 is 95.4 Å². The lowest BCUT2D eigenvalue weighted by Crippen LogP contribution is -2.42. The van der Waals surface area contributed by atoms with Crippen LogP contribution >= 0.6 is 0 Å². The van der Waals surface area contributed by atoms with Gasteiger partial charge in [-0.3, -0.25) is 53.3 Å². The highest BCUT2D eigenvalue weighted by Gasteiger charge is 2.19. The van der Waals surface area contributed by atoms with Crippen molar-refractivity contribution in [3.63, 3.8) is 0 Å². The highest BCUT2D eigenvalue weighted by molar-refractivity contribution is 5.79. The summed E-state index contributed by atoms with van der Waals surface area (Å²) >= 11 is 0. The zero-order valence-corrected chi connectivity index (χ0v) is 60.4. The predicted octanol–water partition coefficient (Wildman–Crippen LogP) is -9.05. The normalized spacial score (nSPS) is 12.0. The van der Waals surface area contributed by atoms with Crippen LogP contribution in [0.5, 0.6) is 0 Å². The van der Waals surface area contributed by atoms with Gasteiger partial charge in [0.1, 0.15) is 5.78 Å². The van der Waals surface area contributed by atoms with Crippen LogP contribution in [0.25, 0.3) is 0 Å². The molecule has 0 aliphatic heterocycles. The Hall–Kier alpha value is -3.86. The molecule has 0 unspecified atom stereocenters. The van der Waals surface area contributed by atoms with Crippen LogP contribution in [0.15, 0.2) is 0 Å². The molecule has 0 aromatic rings. The van der Waals surface area contributed by atoms with E-state index < -0.39 is 0 Å². The zero-order chi connectivity index (χ0) is 71.8. The van der Waals surface area contributed by atoms with Crippen molar-refractivity contribution in [2.75, 3.05) is 308 Å². The van der Waals surface area contributed by atoms with E-state index in [0.717, 1.165) is 38.9 Å². The number of rotatable bonds is 73. The maximum atomic E-state index is 13.5. The Balaban J connectivity index is 6.92. The molecule has 0 aliphatic rings. The summed E-state index contributed by atoms with van der Waals surface area (Å²) in [6.45, 7) is 27.2. The maximum Gasteiger partial charge on any atom is 0.221 e. The first-order valence-electron chi connectivity index (χ1n) is 36.6. The summed E-state index contributed by atoms with van der Waals surface area (Å²) in [7, 11) is 0. The van der Waals surface area contributed by atoms with Gasteiger partial charge >= 0.3 is 0 Å². The molecule has 29 N–H and O–H groups in total. The van der Waals surface area contributed by atoms with Crippen LogP contribution in [0, 0.1) is 0 Å². The summed E-state index contributed by atoms with van der Waals surface area (Å²) in [5.41, 5.74) is 70.0. The van der Waals surface area contributed by atoms with E-state index in [-0.39, 0.29) is 67.4 Å². The van der Waals surface area contributed by atoms with Crippen LogP contribution in [0.3, 0.4) is 0 Å². The third-order valence-corrected chi connectivity index (χ3v) is 16.9. The molecule has 0 aromatic heterocycles. The average Bonchev–Trinajstić information content (AvgIpc) is 3.77. The Kier molecular flexibility index (Phi) is 64.0. The summed E-state index contributed by atoms with van der Waals surface area (Å²) in [6.07, 6.45) is 4.97. The van der Waals surface area contributed by atoms with Crippen molar-refractivity contribution in [3.8, 4) is 0 Å². The quantitative estimate of drug-likeness (QED) is 0.0269. The molecule has 0 atom stereocenters. The van der Waals surface area contributed by atoms with E-state index in [0.29, 0.717) is 307 Å². The number of carbonyl (C=O) groups excluding carboxylic acids is 6. The van der Waals surface area contributed by atoms with E-state index >= 15 is 0 Å². The van der Waals surface area contributed by atoms with Crippen LogP contribution in [0.1, 0.15) is 70.6 Å². The van der Waals surface area contributed by atoms with Gasteiger partial charge in [0.25, 0.3) is 0 Å². The molecule has 0 heterocycles. The minimum absolute atomic E-state index is 0.0704. The third kappa shape index (κ3) is 55.5. The number of hydrogen-bond donors (Lipinski definition) is 17. The van der Waals surface area contributed by atoms with Gasteiger partial charge in [-0.25, -0.2) is 0 Å². The van der Waals surface area contributed by atoms with Crippen molar-refractivity contribution < 1.29 is 28.8 Å². The second-order valence-corrected chi connectivity index (χ2v) is 24.8. The molecule has 0 rings (SSSR count). The molecule has 0 bridgehead atoms. The second kappa shape index (κ2) is 66.7. The van der Waals surface area contributed by atoms with Crippen LogP contribution in [-0.2, 0) is 28.8 Å². The standard InChI is InChI=1S/C64H145N27O6/c65-12-42-86(43-13-66)29-1-5-59(92)6-36-83(37-7-60(93)77-24-54-87(44-14-67)45-15-68)33-2-30-82(31-3-34-84(38-8-61(94)78-25-55-88(46-16-69)47-17-70)39-9-62(95)79-26-56-89(48-18-71)49-19-72)32-4-35-85(40-10-63(96)80-27-57-90(50-20-73)51-21-74)41-11-64(97)81-28-58-91(52-22-75)53-23-76/h1-58,65-76H2,(H,77,93)(H,78,94)(H,79,95)(H,80,96)(H,81,97). The van der Waals surface area contributed by atoms with Crippen molar-refractivity contribution in [3.05, 3.63) is 0 Å². The number of ketones is 1. The van der Waals surface area contributed by atoms with Gasteiger partial charge in [-0.2, -0.15) is 0 Å². The molecule has 33 nitrogen and oxygen atoms in total. The lowest BCUT2D eigenvalue weighted by atomic mass is 10.1. The number of nitrogens with two attached hydrogens (primary N) is 12. The topological polar surface area (TPSA) is 507 Å². The summed E-state index contributed by atoms with van der Waals surface area (Å²) in [4.78, 5) is 102. The third-order valence-electron chi connectivity index (χ3n) is 16.9. The van der Waals surface area contributed by atoms with Gasteiger partial charge in [-0.15, -0.1) is 0 Å². The summed E-state index contributed by atoms with van der Waals surface area (Å²) in [6, 6.07) is 0. The molecule has 0 saturated carbocycles. The Morgan fingerprint density at radius 3 is 0.526 bits per heavy atom. The SMILES string of the molecule is NCCN(CCN)CCCC(=O)CCN(CCCN(CCCN(CCC(=O)NCCN(CCN)CCN)CCC(=O)NCCN(CCN)CCN)CCCN(CCC(=O)NCCN(CCN)CCN)CCC(=O)NCCN(CCN)CCN)CCC(=O)NCCN(CCN)CCN. The van der Waals surface area contributed by atoms with Gasteiger partial charge in [0, 0.05) is 307 Å². The van der Waals surface area contributed by atoms with E-state index in [9.17, 15) is 28.8 Å². The van der Waals surface area contributed by atoms with Gasteiger partial charge < -0.3 is 120 Å². The molecular weight excluding hydrogens is 1240 g/mol. The van der Waals surface area contributed by atoms with E-state index in [4.69, 9.17) is 68.8 Å². The van der Waals surface area contributed by atoms with Gasteiger partial charge in [0.2, 0.25) is 29.5 Å². The van der Waals surface area contributed by atoms with Crippen molar-refractivity contribution >= 4 is 35.3 Å². The van der Waals surface area contributed by atoms with Crippen molar-refractivity contribution in [1.29, 1.82) is 0 Å². The molecule has 0 radical (unpaired) electrons. The molecule has 572 valence electrons. The number of amides is 5. The molecule has 0 spiro atoms. The number of nitrogens with zero attached hydrogens (tertiary/aromatic N) is 10. The Morgan fingerprint density at radius 2 is 0.330 bits per heavy atom. The molecule has 0 aromatic carbocycles. The monoisotopic (exact) mass is 1390 g/mol. The van der Waals surface area contributed by atoms with Crippen molar-refractivity contribution in [2.24, 2.45) is 68.8 Å². The first-order chi connectivity index (χ1) is 47.1. The summed E-state index contributed by atoms with van der Waals surface area (Å²) < 4.78 is 0. The highest BCUT2D eigenvalue weighted by atomic mass is 16.2. The first kappa shape index (κ1) is 93.1. The molecule has 0 aliphatic carbocycles. The Labute approximate surface area is 584 Å². The summed E-state index contributed by atoms with van der Waals surface area (Å²) in [5, 5.41) is 15.3. The van der Waals surface area contributed by atoms with Gasteiger partial charge in [0.15, 0.2) is 0 Å². The molecule has 97 heavy (non-hydrogen) atoms. The van der Waals surface area contributed by atoms with Gasteiger partial charge in [-0.1, -0.05) is 0 Å². The van der Waals surface area contributed by atoms with E-state index in [1.807, 2.05) is 0 Å². The number of nitrogens with one attached hydrogen (secondary N) is 5. The molecule has 0 saturated heterocycles. The smallest absolute Gasteiger partial charge is 0.221 e. The average molecular weight is 1390 g/mol. The largest absolute Gasteiger partial charge is 0.355 e. The first-order valence-corrected chi connectivity index (χ1v) is 36.6. The minimum Gasteiger partial charge on any atom is -0.355 e. The zero-order valence-electron chi connectivity index (χ0n) is 60.4. The van der Waals surface area contributed by atoms with Gasteiger partial charge in [-0.05, 0) is 71.5 Å². The van der Waals surface area contributed by atoms with Crippen molar-refractivity contribution in [1.82, 2.24) is 75.6 Å². The lowest BCUT2D eigenvalue weighted by Gasteiger charge is -2.29. The highest BCUT2D eigenvalue weighted by Crippen LogP contribution is 2.08. The number of Topliss-reactive ketones (excluding diaryl/α,β-unsaturated/α-hetero) is 1. The van der Waals surface area contributed by atoms with E-state index in [1.165, 1.54) is 0 Å². The minimum atomic E-state index is -0.0821. The van der Waals surface area contributed by atoms with Crippen molar-refractivity contribution in [2.45, 2.75) is 70.6 Å². The van der Waals surface area contributed by atoms with Crippen LogP contribution in [0.4, 0.5) is 0 Å². The maximum absolute atomic E-state index is 13.5. The number of hydrogen-bond acceptors (Lipinski definition) is 28. The molecule has 5 amide bonds. The predicted molar refractivity (Wildman–Crippen MR) is 394 cm³/mol. The Bertz CT molecular complexity index is 1540. The fraction of sp³-hybridized carbons (Fsp3) is 0.906. The van der Waals surface area contributed by atoms with E-state index in [2.05, 4.69) is 75.6 Å². The fourth-order valence-electron chi connectivity index (χ4n) is 11.5. The second-order valence-electron chi connectivity index (χ2n) is 24.8. The molecular formula is C64H145N27O6. The van der Waals surface area contributed by atoms with E-state index in [1.54, 1.807) is 0 Å². The van der Waals surface area contributed by atoms with Gasteiger partial charge in [0.05, 0.1) is 0 Å². The van der Waals surface area contributed by atoms with Crippen LogP contribution in [0.2, 0.25) is 0 Å². The summed E-state index contributed by atoms with van der Waals surface area (Å²) in [5.74, 6) is -0.235. The molecule has 0 fully saturated rings. The fourth-order valence-corrected chi connectivity index (χ4v) is 11.5. The number of carbonyl (C=O) groups is 6. The molecule has 33 heteroatoms.